The van der Waals surface area contributed by atoms with Crippen LogP contribution >= 0.6 is 11.6 Å². The molecule has 0 radical (unpaired) electrons. The van der Waals surface area contributed by atoms with Crippen molar-refractivity contribution in [2.75, 3.05) is 0 Å². The van der Waals surface area contributed by atoms with Crippen LogP contribution in [0.2, 0.25) is 5.02 Å². The first-order chi connectivity index (χ1) is 5.65. The molecule has 1 rings (SSSR count). The first-order valence-corrected chi connectivity index (χ1v) is 3.34. The normalized spacial score (nSPS) is 9.42. The van der Waals surface area contributed by atoms with Crippen LogP contribution in [0.3, 0.4) is 0 Å². The molecule has 5 nitrogen and oxygen atoms in total. The van der Waals surface area contributed by atoms with Gasteiger partial charge in [-0.15, -0.1) is 0 Å². The summed E-state index contributed by atoms with van der Waals surface area (Å²) in [7, 11) is 0. The lowest BCUT2D eigenvalue weighted by atomic mass is 10.3. The molecule has 0 bridgehead atoms. The van der Waals surface area contributed by atoms with Crippen molar-refractivity contribution in [3.63, 3.8) is 0 Å². The molecule has 0 saturated heterocycles. The summed E-state index contributed by atoms with van der Waals surface area (Å²) in [5.74, 6) is 0. The van der Waals surface area contributed by atoms with Gasteiger partial charge in [0.2, 0.25) is 0 Å². The minimum atomic E-state index is -0.564. The molecular weight excluding hydrogens is 182 g/mol. The molecule has 0 heterocycles. The maximum Gasteiger partial charge on any atom is 0.271 e. The molecule has 0 aromatic heterocycles. The predicted octanol–water partition coefficient (Wildman–Crippen LogP) is 2.91. The standard InChI is InChI=1S/C6H4ClN3O2/c7-5-2-1-4(10(11)12)3-6(5)9-8/h1-3,8H. The van der Waals surface area contributed by atoms with Crippen LogP contribution in [-0.4, -0.2) is 4.92 Å². The molecule has 1 N–H and O–H groups in total. The molecule has 1 aromatic carbocycles. The van der Waals surface area contributed by atoms with E-state index < -0.39 is 4.92 Å². The smallest absolute Gasteiger partial charge is 0.258 e. The second-order valence-corrected chi connectivity index (χ2v) is 2.41. The average molecular weight is 186 g/mol. The van der Waals surface area contributed by atoms with Gasteiger partial charge in [0.25, 0.3) is 5.69 Å². The fourth-order valence-electron chi connectivity index (χ4n) is 0.700. The number of halogens is 1. The summed E-state index contributed by atoms with van der Waals surface area (Å²) < 4.78 is 0. The number of hydrogen-bond donors (Lipinski definition) is 1. The summed E-state index contributed by atoms with van der Waals surface area (Å²) in [5.41, 5.74) is 6.62. The van der Waals surface area contributed by atoms with E-state index in [0.717, 1.165) is 6.07 Å². The third-order valence-electron chi connectivity index (χ3n) is 1.26. The van der Waals surface area contributed by atoms with Gasteiger partial charge in [-0.2, -0.15) is 5.11 Å². The molecule has 6 heteroatoms. The van der Waals surface area contributed by atoms with Crippen LogP contribution in [0, 0.1) is 15.6 Å². The van der Waals surface area contributed by atoms with Crippen LogP contribution in [0.5, 0.6) is 0 Å². The number of nitro benzene ring substituents is 1. The number of nitrogens with zero attached hydrogens (tertiary/aromatic N) is 2. The Morgan fingerprint density at radius 3 is 2.75 bits per heavy atom. The van der Waals surface area contributed by atoms with Crippen molar-refractivity contribution in [1.29, 1.82) is 5.53 Å². The van der Waals surface area contributed by atoms with Gasteiger partial charge in [-0.05, 0) is 6.07 Å². The lowest BCUT2D eigenvalue weighted by molar-refractivity contribution is -0.384. The topological polar surface area (TPSA) is 79.3 Å². The van der Waals surface area contributed by atoms with Crippen LogP contribution in [0.1, 0.15) is 0 Å². The lowest BCUT2D eigenvalue weighted by Gasteiger charge is -1.94. The molecule has 0 saturated carbocycles. The molecule has 0 unspecified atom stereocenters. The lowest BCUT2D eigenvalue weighted by Crippen LogP contribution is -1.86. The van der Waals surface area contributed by atoms with E-state index in [9.17, 15) is 10.1 Å². The third-order valence-corrected chi connectivity index (χ3v) is 1.58. The van der Waals surface area contributed by atoms with E-state index >= 15 is 0 Å². The van der Waals surface area contributed by atoms with E-state index in [0.29, 0.717) is 0 Å². The SMILES string of the molecule is N=Nc1cc([N+](=O)[O-])ccc1Cl. The van der Waals surface area contributed by atoms with Gasteiger partial charge in [-0.25, -0.2) is 5.53 Å². The van der Waals surface area contributed by atoms with Crippen LogP contribution in [0.15, 0.2) is 23.3 Å². The Morgan fingerprint density at radius 1 is 1.58 bits per heavy atom. The average Bonchev–Trinajstić information content (AvgIpc) is 2.05. The predicted molar refractivity (Wildman–Crippen MR) is 42.9 cm³/mol. The second kappa shape index (κ2) is 3.27. The summed E-state index contributed by atoms with van der Waals surface area (Å²) in [5, 5.41) is 13.5. The van der Waals surface area contributed by atoms with Gasteiger partial charge in [0.05, 0.1) is 9.95 Å². The highest BCUT2D eigenvalue weighted by Crippen LogP contribution is 2.28. The number of hydrogen-bond acceptors (Lipinski definition) is 4. The molecule has 0 aliphatic heterocycles. The van der Waals surface area contributed by atoms with Crippen LogP contribution in [0.4, 0.5) is 11.4 Å². The van der Waals surface area contributed by atoms with E-state index in [1.54, 1.807) is 0 Å². The fraction of sp³-hybridized carbons (Fsp3) is 0. The number of nitro groups is 1. The highest BCUT2D eigenvalue weighted by atomic mass is 35.5. The third kappa shape index (κ3) is 1.57. The zero-order valence-corrected chi connectivity index (χ0v) is 6.58. The van der Waals surface area contributed by atoms with Crippen LogP contribution < -0.4 is 0 Å². The van der Waals surface area contributed by atoms with Gasteiger partial charge in [-0.3, -0.25) is 10.1 Å². The van der Waals surface area contributed by atoms with E-state index in [4.69, 9.17) is 17.1 Å². The van der Waals surface area contributed by atoms with Gasteiger partial charge >= 0.3 is 0 Å². The quantitative estimate of drug-likeness (QED) is 0.437. The Labute approximate surface area is 72.6 Å². The Balaban J connectivity index is 3.22. The maximum absolute atomic E-state index is 10.2. The van der Waals surface area contributed by atoms with Crippen LogP contribution in [-0.2, 0) is 0 Å². The molecule has 0 spiro atoms. The maximum atomic E-state index is 10.2. The Kier molecular flexibility index (Phi) is 2.35. The molecule has 0 amide bonds. The molecule has 1 aromatic rings. The monoisotopic (exact) mass is 185 g/mol. The zero-order chi connectivity index (χ0) is 9.14. The summed E-state index contributed by atoms with van der Waals surface area (Å²) >= 11 is 5.56. The van der Waals surface area contributed by atoms with Gasteiger partial charge in [0.15, 0.2) is 0 Å². The van der Waals surface area contributed by atoms with Gasteiger partial charge < -0.3 is 0 Å². The van der Waals surface area contributed by atoms with Crippen molar-refractivity contribution >= 4 is 23.0 Å². The first kappa shape index (κ1) is 8.61. The number of rotatable bonds is 2. The highest BCUT2D eigenvalue weighted by molar-refractivity contribution is 6.33. The summed E-state index contributed by atoms with van der Waals surface area (Å²) in [6.07, 6.45) is 0. The highest BCUT2D eigenvalue weighted by Gasteiger charge is 2.08. The van der Waals surface area contributed by atoms with Gasteiger partial charge in [0, 0.05) is 12.1 Å². The molecule has 12 heavy (non-hydrogen) atoms. The summed E-state index contributed by atoms with van der Waals surface area (Å²) in [4.78, 5) is 9.68. The van der Waals surface area contributed by atoms with Crippen molar-refractivity contribution in [2.24, 2.45) is 5.11 Å². The van der Waals surface area contributed by atoms with E-state index in [-0.39, 0.29) is 16.4 Å². The largest absolute Gasteiger partial charge is 0.271 e. The second-order valence-electron chi connectivity index (χ2n) is 2.00. The van der Waals surface area contributed by atoms with Crippen LogP contribution in [0.25, 0.3) is 0 Å². The summed E-state index contributed by atoms with van der Waals surface area (Å²) in [6.45, 7) is 0. The zero-order valence-electron chi connectivity index (χ0n) is 5.82. The molecule has 62 valence electrons. The van der Waals surface area contributed by atoms with Crippen molar-refractivity contribution in [3.8, 4) is 0 Å². The molecule has 0 aliphatic carbocycles. The van der Waals surface area contributed by atoms with Gasteiger partial charge in [0.1, 0.15) is 5.69 Å². The first-order valence-electron chi connectivity index (χ1n) is 2.96. The van der Waals surface area contributed by atoms with Crippen molar-refractivity contribution in [1.82, 2.24) is 0 Å². The van der Waals surface area contributed by atoms with E-state index in [1.807, 2.05) is 0 Å². The molecular formula is C6H4ClN3O2. The Hall–Kier alpha value is -1.49. The van der Waals surface area contributed by atoms with Crippen molar-refractivity contribution in [2.45, 2.75) is 0 Å². The minimum Gasteiger partial charge on any atom is -0.258 e. The van der Waals surface area contributed by atoms with Crippen molar-refractivity contribution < 1.29 is 4.92 Å². The Morgan fingerprint density at radius 2 is 2.25 bits per heavy atom. The number of nitrogens with one attached hydrogen (secondary N) is 1. The van der Waals surface area contributed by atoms with E-state index in [2.05, 4.69) is 5.11 Å². The molecule has 0 atom stereocenters. The summed E-state index contributed by atoms with van der Waals surface area (Å²) in [6, 6.07) is 3.75. The fourth-order valence-corrected chi connectivity index (χ4v) is 0.860. The van der Waals surface area contributed by atoms with Crippen molar-refractivity contribution in [3.05, 3.63) is 33.3 Å². The van der Waals surface area contributed by atoms with Gasteiger partial charge in [-0.1, -0.05) is 11.6 Å². The number of non-ortho nitro benzene ring substituents is 1. The molecule has 0 aliphatic rings. The molecule has 0 fully saturated rings. The van der Waals surface area contributed by atoms with E-state index in [1.165, 1.54) is 12.1 Å². The minimum absolute atomic E-state index is 0.103. The Bertz CT molecular complexity index is 340. The number of benzene rings is 1.